The Balaban J connectivity index is 1.44. The quantitative estimate of drug-likeness (QED) is 0.136. The molecule has 2 N–H and O–H groups in total. The van der Waals surface area contributed by atoms with Crippen molar-refractivity contribution in [2.45, 2.75) is 58.8 Å². The standard InChI is InChI=1S/C47H48N2O2/c1-33-11-5-15-37(27-33)48(38-16-6-12-34(2)28-38)41-19-21-43-44-22-20-42(32-46(44)47(23-9-25-50,24-10-26-51)45(43)31-41)49(39-17-7-13-35(3)29-39)40-18-8-14-36(4)30-40/h5-8,11-22,27-32,50-51H,9-10,23-26H2,1-4H3. The molecule has 258 valence electrons. The van der Waals surface area contributed by atoms with E-state index in [4.69, 9.17) is 0 Å². The van der Waals surface area contributed by atoms with Gasteiger partial charge in [-0.3, -0.25) is 0 Å². The molecule has 7 rings (SSSR count). The van der Waals surface area contributed by atoms with Gasteiger partial charge in [-0.1, -0.05) is 60.7 Å². The van der Waals surface area contributed by atoms with E-state index in [1.54, 1.807) is 0 Å². The summed E-state index contributed by atoms with van der Waals surface area (Å²) in [6, 6.07) is 48.6. The van der Waals surface area contributed by atoms with Gasteiger partial charge in [0.2, 0.25) is 0 Å². The highest BCUT2D eigenvalue weighted by atomic mass is 16.3. The van der Waals surface area contributed by atoms with Crippen molar-refractivity contribution in [1.29, 1.82) is 0 Å². The molecule has 1 aliphatic rings. The van der Waals surface area contributed by atoms with Gasteiger partial charge in [0.15, 0.2) is 0 Å². The van der Waals surface area contributed by atoms with Crippen LogP contribution >= 0.6 is 0 Å². The molecule has 0 spiro atoms. The number of aliphatic hydroxyl groups is 2. The van der Waals surface area contributed by atoms with Crippen LogP contribution < -0.4 is 9.80 Å². The summed E-state index contributed by atoms with van der Waals surface area (Å²) in [6.45, 7) is 8.78. The summed E-state index contributed by atoms with van der Waals surface area (Å²) in [4.78, 5) is 4.71. The van der Waals surface area contributed by atoms with E-state index in [-0.39, 0.29) is 13.2 Å². The van der Waals surface area contributed by atoms with Crippen molar-refractivity contribution in [2.75, 3.05) is 23.0 Å². The van der Waals surface area contributed by atoms with Gasteiger partial charge in [-0.15, -0.1) is 0 Å². The molecule has 51 heavy (non-hydrogen) atoms. The van der Waals surface area contributed by atoms with Gasteiger partial charge in [-0.05, 0) is 171 Å². The van der Waals surface area contributed by atoms with E-state index in [1.807, 2.05) is 0 Å². The third-order valence-electron chi connectivity index (χ3n) is 10.4. The molecule has 0 amide bonds. The maximum absolute atomic E-state index is 10.3. The molecular weight excluding hydrogens is 625 g/mol. The highest BCUT2D eigenvalue weighted by Crippen LogP contribution is 2.56. The Bertz CT molecular complexity index is 1920. The van der Waals surface area contributed by atoms with Crippen molar-refractivity contribution in [3.63, 3.8) is 0 Å². The Kier molecular flexibility index (Phi) is 9.82. The van der Waals surface area contributed by atoms with E-state index in [1.165, 1.54) is 44.5 Å². The fourth-order valence-corrected chi connectivity index (χ4v) is 8.14. The first-order valence-electron chi connectivity index (χ1n) is 18.2. The molecule has 0 aliphatic heterocycles. The lowest BCUT2D eigenvalue weighted by atomic mass is 9.71. The Morgan fingerprint density at radius 1 is 0.412 bits per heavy atom. The maximum Gasteiger partial charge on any atom is 0.0465 e. The lowest BCUT2D eigenvalue weighted by Crippen LogP contribution is -2.27. The predicted molar refractivity (Wildman–Crippen MR) is 214 cm³/mol. The second-order valence-corrected chi connectivity index (χ2v) is 14.2. The molecule has 6 aromatic rings. The summed E-state index contributed by atoms with van der Waals surface area (Å²) in [5.74, 6) is 0. The molecule has 0 aromatic heterocycles. The zero-order valence-electron chi connectivity index (χ0n) is 30.2. The molecule has 0 atom stereocenters. The molecule has 0 heterocycles. The van der Waals surface area contributed by atoms with E-state index >= 15 is 0 Å². The first-order chi connectivity index (χ1) is 24.8. The minimum absolute atomic E-state index is 0.113. The number of benzene rings is 6. The molecule has 0 radical (unpaired) electrons. The highest BCUT2D eigenvalue weighted by molar-refractivity contribution is 5.88. The summed E-state index contributed by atoms with van der Waals surface area (Å²) in [5.41, 5.74) is 16.0. The number of rotatable bonds is 12. The molecular formula is C47H48N2O2. The van der Waals surface area contributed by atoms with E-state index in [2.05, 4.69) is 171 Å². The van der Waals surface area contributed by atoms with Crippen molar-refractivity contribution < 1.29 is 10.2 Å². The van der Waals surface area contributed by atoms with Gasteiger partial charge in [0.05, 0.1) is 0 Å². The van der Waals surface area contributed by atoms with Crippen LogP contribution in [0.1, 0.15) is 59.1 Å². The molecule has 0 saturated carbocycles. The van der Waals surface area contributed by atoms with Gasteiger partial charge in [-0.25, -0.2) is 0 Å². The largest absolute Gasteiger partial charge is 0.396 e. The van der Waals surface area contributed by atoms with Crippen LogP contribution in [0.25, 0.3) is 11.1 Å². The maximum atomic E-state index is 10.3. The fourth-order valence-electron chi connectivity index (χ4n) is 8.14. The van der Waals surface area contributed by atoms with Crippen LogP contribution in [0.4, 0.5) is 34.1 Å². The van der Waals surface area contributed by atoms with Crippen molar-refractivity contribution in [3.8, 4) is 11.1 Å². The van der Waals surface area contributed by atoms with Crippen LogP contribution in [0.3, 0.4) is 0 Å². The lowest BCUT2D eigenvalue weighted by molar-refractivity contribution is 0.247. The second-order valence-electron chi connectivity index (χ2n) is 14.2. The number of hydrogen-bond acceptors (Lipinski definition) is 4. The van der Waals surface area contributed by atoms with E-state index in [0.29, 0.717) is 12.8 Å². The third kappa shape index (κ3) is 6.70. The van der Waals surface area contributed by atoms with Gasteiger partial charge < -0.3 is 20.0 Å². The summed E-state index contributed by atoms with van der Waals surface area (Å²) < 4.78 is 0. The molecule has 1 aliphatic carbocycles. The van der Waals surface area contributed by atoms with Gasteiger partial charge in [0.1, 0.15) is 0 Å². The van der Waals surface area contributed by atoms with E-state index in [9.17, 15) is 10.2 Å². The number of aliphatic hydroxyl groups excluding tert-OH is 2. The van der Waals surface area contributed by atoms with Gasteiger partial charge in [0, 0.05) is 52.8 Å². The molecule has 0 bridgehead atoms. The fraction of sp³-hybridized carbons (Fsp3) is 0.234. The van der Waals surface area contributed by atoms with Crippen molar-refractivity contribution in [2.24, 2.45) is 0 Å². The van der Waals surface area contributed by atoms with Crippen LogP contribution in [0, 0.1) is 27.7 Å². The third-order valence-corrected chi connectivity index (χ3v) is 10.4. The topological polar surface area (TPSA) is 46.9 Å². The van der Waals surface area contributed by atoms with Gasteiger partial charge in [0.25, 0.3) is 0 Å². The first kappa shape index (κ1) is 34.3. The number of fused-ring (bicyclic) bond motifs is 3. The number of hydrogen-bond donors (Lipinski definition) is 2. The average Bonchev–Trinajstić information content (AvgIpc) is 3.38. The van der Waals surface area contributed by atoms with Gasteiger partial charge >= 0.3 is 0 Å². The highest BCUT2D eigenvalue weighted by Gasteiger charge is 2.43. The number of nitrogens with zero attached hydrogens (tertiary/aromatic N) is 2. The summed E-state index contributed by atoms with van der Waals surface area (Å²) in [7, 11) is 0. The predicted octanol–water partition coefficient (Wildman–Crippen LogP) is 11.7. The average molecular weight is 673 g/mol. The monoisotopic (exact) mass is 672 g/mol. The van der Waals surface area contributed by atoms with Crippen molar-refractivity contribution >= 4 is 34.1 Å². The molecule has 4 nitrogen and oxygen atoms in total. The Hall–Kier alpha value is -5.16. The summed E-state index contributed by atoms with van der Waals surface area (Å²) in [6.07, 6.45) is 2.88. The van der Waals surface area contributed by atoms with Crippen LogP contribution in [0.5, 0.6) is 0 Å². The Labute approximate surface area is 303 Å². The zero-order valence-corrected chi connectivity index (χ0v) is 30.2. The normalized spacial score (nSPS) is 12.7. The van der Waals surface area contributed by atoms with Crippen molar-refractivity contribution in [1.82, 2.24) is 0 Å². The van der Waals surface area contributed by atoms with E-state index in [0.717, 1.165) is 47.0 Å². The number of anilines is 6. The first-order valence-corrected chi connectivity index (χ1v) is 18.2. The number of aryl methyl sites for hydroxylation is 4. The molecule has 6 aromatic carbocycles. The summed E-state index contributed by atoms with van der Waals surface area (Å²) >= 11 is 0. The van der Waals surface area contributed by atoms with Crippen molar-refractivity contribution in [3.05, 3.63) is 167 Å². The Morgan fingerprint density at radius 2 is 0.725 bits per heavy atom. The second kappa shape index (κ2) is 14.6. The Morgan fingerprint density at radius 3 is 1.02 bits per heavy atom. The SMILES string of the molecule is Cc1cccc(N(c2cccc(C)c2)c2ccc3c(c2)C(CCCO)(CCCO)c2cc(N(c4cccc(C)c4)c4cccc(C)c4)ccc2-3)c1. The smallest absolute Gasteiger partial charge is 0.0465 e. The minimum Gasteiger partial charge on any atom is -0.396 e. The molecule has 0 saturated heterocycles. The summed E-state index contributed by atoms with van der Waals surface area (Å²) in [5, 5.41) is 20.6. The lowest BCUT2D eigenvalue weighted by Gasteiger charge is -2.35. The van der Waals surface area contributed by atoms with Gasteiger partial charge in [-0.2, -0.15) is 0 Å². The molecule has 0 unspecified atom stereocenters. The van der Waals surface area contributed by atoms with Crippen LogP contribution in [0.15, 0.2) is 133 Å². The minimum atomic E-state index is -0.391. The molecule has 4 heteroatoms. The van der Waals surface area contributed by atoms with Crippen LogP contribution in [-0.2, 0) is 5.41 Å². The molecule has 0 fully saturated rings. The van der Waals surface area contributed by atoms with Crippen LogP contribution in [0.2, 0.25) is 0 Å². The van der Waals surface area contributed by atoms with E-state index < -0.39 is 5.41 Å². The zero-order chi connectivity index (χ0) is 35.5. The van der Waals surface area contributed by atoms with Crippen LogP contribution in [-0.4, -0.2) is 23.4 Å².